The minimum Gasteiger partial charge on any atom is -0.394 e. The first-order valence-corrected chi connectivity index (χ1v) is 8.92. The zero-order chi connectivity index (χ0) is 22.7. The van der Waals surface area contributed by atoms with Gasteiger partial charge in [-0.05, 0) is 0 Å². The van der Waals surface area contributed by atoms with Crippen LogP contribution in [0.25, 0.3) is 0 Å². The van der Waals surface area contributed by atoms with E-state index in [1.165, 1.54) is 0 Å². The van der Waals surface area contributed by atoms with Gasteiger partial charge in [0.25, 0.3) is 0 Å². The molecule has 168 valence electrons. The predicted molar refractivity (Wildman–Crippen MR) is 85.3 cm³/mol. The quantitative estimate of drug-likeness (QED) is 0.126. The van der Waals surface area contributed by atoms with E-state index >= 15 is 0 Å². The Balaban J connectivity index is 0. The molecule has 0 aromatic rings. The maximum absolute atomic E-state index is 10.7. The summed E-state index contributed by atoms with van der Waals surface area (Å²) in [5, 5.41) is 78.6. The highest BCUT2D eigenvalue weighted by atomic mass is 31.2. The molecule has 0 saturated carbocycles. The van der Waals surface area contributed by atoms with Gasteiger partial charge in [-0.2, -0.15) is 0 Å². The van der Waals surface area contributed by atoms with Crippen LogP contribution in [-0.2, 0) is 18.7 Å². The van der Waals surface area contributed by atoms with Crippen LogP contribution in [-0.4, -0.2) is 130 Å². The number of aliphatic hydroxyl groups is 9. The molecule has 0 aromatic carbocycles. The van der Waals surface area contributed by atoms with Crippen molar-refractivity contribution in [1.82, 2.24) is 0 Å². The molecule has 0 fully saturated rings. The molecule has 0 aliphatic rings. The molecule has 28 heavy (non-hydrogen) atoms. The van der Waals surface area contributed by atoms with Gasteiger partial charge >= 0.3 is 7.82 Å². The number of aliphatic hydroxyl groups excluding tert-OH is 9. The smallest absolute Gasteiger partial charge is 0.394 e. The van der Waals surface area contributed by atoms with Crippen molar-refractivity contribution < 1.29 is 74.4 Å². The lowest BCUT2D eigenvalue weighted by Crippen LogP contribution is -2.45. The molecular weight excluding hydrogens is 415 g/mol. The minimum atomic E-state index is -4.81. The molecule has 0 bridgehead atoms. The maximum atomic E-state index is 10.7. The standard InChI is InChI=1S/C6H13O9P.C6H12O6/c7-1-3(8)5(10)6(11)4(9)2-15-16(12,13)14;7-1-3(9)5(11)6(12)4(10)2-8/h4-7,9-11H,1-2H2,(H2,12,13,14);3,5-9,11-12H,1-2H2. The molecule has 0 spiro atoms. The lowest BCUT2D eigenvalue weighted by molar-refractivity contribution is -0.143. The second kappa shape index (κ2) is 14.1. The maximum Gasteiger partial charge on any atom is 0.469 e. The highest BCUT2D eigenvalue weighted by molar-refractivity contribution is 7.46. The van der Waals surface area contributed by atoms with Gasteiger partial charge in [0.15, 0.2) is 11.6 Å². The average Bonchev–Trinajstić information content (AvgIpc) is 2.67. The van der Waals surface area contributed by atoms with Gasteiger partial charge in [-0.1, -0.05) is 0 Å². The lowest BCUT2D eigenvalue weighted by atomic mass is 10.1. The van der Waals surface area contributed by atoms with E-state index < -0.39 is 82.4 Å². The normalized spacial score (nSPS) is 18.1. The van der Waals surface area contributed by atoms with Crippen LogP contribution in [0, 0.1) is 0 Å². The zero-order valence-corrected chi connectivity index (χ0v) is 15.2. The third-order valence-electron chi connectivity index (χ3n) is 3.01. The molecule has 0 heterocycles. The number of carbonyl (C=O) groups is 2. The fraction of sp³-hybridized carbons (Fsp3) is 0.833. The summed E-state index contributed by atoms with van der Waals surface area (Å²) in [6.07, 6.45) is -11.2. The molecule has 0 radical (unpaired) electrons. The number of ketones is 2. The summed E-state index contributed by atoms with van der Waals surface area (Å²) >= 11 is 0. The van der Waals surface area contributed by atoms with Crippen LogP contribution < -0.4 is 0 Å². The fourth-order valence-electron chi connectivity index (χ4n) is 1.37. The predicted octanol–water partition coefficient (Wildman–Crippen LogP) is -6.64. The van der Waals surface area contributed by atoms with Gasteiger partial charge in [-0.15, -0.1) is 0 Å². The van der Waals surface area contributed by atoms with E-state index in [0.717, 1.165) is 0 Å². The Kier molecular flexibility index (Phi) is 14.8. The number of hydrogen-bond acceptors (Lipinski definition) is 13. The highest BCUT2D eigenvalue weighted by Gasteiger charge is 2.31. The van der Waals surface area contributed by atoms with Gasteiger partial charge in [0.1, 0.15) is 49.8 Å². The molecule has 6 atom stereocenters. The summed E-state index contributed by atoms with van der Waals surface area (Å²) in [7, 11) is -4.81. The van der Waals surface area contributed by atoms with Crippen molar-refractivity contribution >= 4 is 19.4 Å². The number of phosphoric acid groups is 1. The second-order valence-electron chi connectivity index (χ2n) is 5.22. The fourth-order valence-corrected chi connectivity index (χ4v) is 1.72. The zero-order valence-electron chi connectivity index (χ0n) is 14.3. The molecule has 0 aliphatic heterocycles. The monoisotopic (exact) mass is 440 g/mol. The van der Waals surface area contributed by atoms with E-state index in [1.54, 1.807) is 0 Å². The number of carbonyl (C=O) groups excluding carboxylic acids is 2. The summed E-state index contributed by atoms with van der Waals surface area (Å²) in [4.78, 5) is 37.8. The van der Waals surface area contributed by atoms with E-state index in [-0.39, 0.29) is 0 Å². The summed E-state index contributed by atoms with van der Waals surface area (Å²) in [5.74, 6) is -2.14. The Morgan fingerprint density at radius 3 is 1.39 bits per heavy atom. The van der Waals surface area contributed by atoms with Crippen molar-refractivity contribution in [3.63, 3.8) is 0 Å². The third kappa shape index (κ3) is 11.8. The molecule has 15 nitrogen and oxygen atoms in total. The van der Waals surface area contributed by atoms with Crippen LogP contribution in [0.4, 0.5) is 0 Å². The van der Waals surface area contributed by atoms with E-state index in [1.807, 2.05) is 0 Å². The van der Waals surface area contributed by atoms with Gasteiger partial charge in [-0.3, -0.25) is 14.1 Å². The van der Waals surface area contributed by atoms with E-state index in [2.05, 4.69) is 4.52 Å². The first-order chi connectivity index (χ1) is 12.7. The van der Waals surface area contributed by atoms with Gasteiger partial charge < -0.3 is 55.7 Å². The topological polar surface area (TPSA) is 283 Å². The first kappa shape index (κ1) is 29.3. The van der Waals surface area contributed by atoms with Gasteiger partial charge in [0, 0.05) is 0 Å². The van der Waals surface area contributed by atoms with Crippen molar-refractivity contribution in [3.05, 3.63) is 0 Å². The van der Waals surface area contributed by atoms with Crippen molar-refractivity contribution in [1.29, 1.82) is 0 Å². The van der Waals surface area contributed by atoms with Gasteiger partial charge in [0.2, 0.25) is 0 Å². The van der Waals surface area contributed by atoms with Crippen LogP contribution in [0.15, 0.2) is 0 Å². The van der Waals surface area contributed by atoms with Gasteiger partial charge in [0.05, 0.1) is 13.2 Å². The highest BCUT2D eigenvalue weighted by Crippen LogP contribution is 2.35. The third-order valence-corrected chi connectivity index (χ3v) is 3.49. The minimum absolute atomic E-state index is 0.767. The van der Waals surface area contributed by atoms with Crippen LogP contribution in [0.1, 0.15) is 0 Å². The molecule has 11 N–H and O–H groups in total. The Bertz CT molecular complexity index is 507. The largest absolute Gasteiger partial charge is 0.469 e. The SMILES string of the molecule is O=C(CO)C(O)C(O)C(O)CO.O=C(CO)C(O)C(O)C(O)COP(=O)(O)O. The van der Waals surface area contributed by atoms with E-state index in [0.29, 0.717) is 0 Å². The van der Waals surface area contributed by atoms with Crippen molar-refractivity contribution in [2.24, 2.45) is 0 Å². The Morgan fingerprint density at radius 2 is 1.11 bits per heavy atom. The average molecular weight is 440 g/mol. The molecular formula is C12H25O15P. The van der Waals surface area contributed by atoms with Crippen molar-refractivity contribution in [2.45, 2.75) is 36.6 Å². The number of hydrogen-bond donors (Lipinski definition) is 11. The summed E-state index contributed by atoms with van der Waals surface area (Å²) in [5.41, 5.74) is 0. The summed E-state index contributed by atoms with van der Waals surface area (Å²) in [6, 6.07) is 0. The molecule has 16 heteroatoms. The van der Waals surface area contributed by atoms with Crippen LogP contribution in [0.3, 0.4) is 0 Å². The Labute approximate surface area is 157 Å². The molecule has 0 amide bonds. The molecule has 0 aromatic heterocycles. The Morgan fingerprint density at radius 1 is 0.750 bits per heavy atom. The molecule has 0 rings (SSSR count). The summed E-state index contributed by atoms with van der Waals surface area (Å²) in [6.45, 7) is -3.70. The molecule has 0 saturated heterocycles. The number of rotatable bonds is 12. The first-order valence-electron chi connectivity index (χ1n) is 7.39. The van der Waals surface area contributed by atoms with Crippen molar-refractivity contribution in [3.8, 4) is 0 Å². The van der Waals surface area contributed by atoms with Crippen LogP contribution >= 0.6 is 7.82 Å². The van der Waals surface area contributed by atoms with Gasteiger partial charge in [-0.25, -0.2) is 4.57 Å². The number of Topliss-reactive ketones (excluding diaryl/α,β-unsaturated/α-hetero) is 2. The molecule has 6 unspecified atom stereocenters. The van der Waals surface area contributed by atoms with E-state index in [4.69, 9.17) is 55.7 Å². The number of phosphoric ester groups is 1. The van der Waals surface area contributed by atoms with E-state index in [9.17, 15) is 14.2 Å². The lowest BCUT2D eigenvalue weighted by Gasteiger charge is -2.21. The van der Waals surface area contributed by atoms with Crippen molar-refractivity contribution in [2.75, 3.05) is 26.4 Å². The van der Waals surface area contributed by atoms with Crippen LogP contribution in [0.5, 0.6) is 0 Å². The summed E-state index contributed by atoms with van der Waals surface area (Å²) < 4.78 is 14.1. The second-order valence-corrected chi connectivity index (χ2v) is 6.46. The van der Waals surface area contributed by atoms with Crippen LogP contribution in [0.2, 0.25) is 0 Å². The Hall–Kier alpha value is -0.910. The molecule has 0 aliphatic carbocycles.